The minimum Gasteiger partial charge on any atom is -0.496 e. The molecule has 5 rings (SSSR count). The summed E-state index contributed by atoms with van der Waals surface area (Å²) in [5.74, 6) is 0.212. The van der Waals surface area contributed by atoms with Crippen LogP contribution in [0.25, 0.3) is 11.0 Å². The molecule has 0 spiro atoms. The number of oxime groups is 1. The highest BCUT2D eigenvalue weighted by atomic mass is 19.4. The van der Waals surface area contributed by atoms with Crippen molar-refractivity contribution in [1.82, 2.24) is 15.2 Å². The van der Waals surface area contributed by atoms with Gasteiger partial charge in [-0.1, -0.05) is 17.3 Å². The van der Waals surface area contributed by atoms with Crippen molar-refractivity contribution in [3.05, 3.63) is 47.2 Å². The number of hydrogen-bond donors (Lipinski definition) is 2. The molecular weight excluding hydrogens is 427 g/mol. The van der Waals surface area contributed by atoms with Crippen LogP contribution in [0.5, 0.6) is 5.75 Å². The number of halogens is 3. The van der Waals surface area contributed by atoms with Crippen LogP contribution in [-0.2, 0) is 15.8 Å². The van der Waals surface area contributed by atoms with Crippen molar-refractivity contribution in [2.75, 3.05) is 12.4 Å². The second-order valence-corrected chi connectivity index (χ2v) is 7.69. The second-order valence-electron chi connectivity index (χ2n) is 7.69. The molecule has 32 heavy (non-hydrogen) atoms. The van der Waals surface area contributed by atoms with E-state index in [9.17, 15) is 18.0 Å². The first-order chi connectivity index (χ1) is 15.3. The third-order valence-electron chi connectivity index (χ3n) is 5.49. The van der Waals surface area contributed by atoms with E-state index in [4.69, 9.17) is 9.57 Å². The fraction of sp³-hybridized carbons (Fsp3) is 0.333. The maximum Gasteiger partial charge on any atom is 0.433 e. The number of H-pyrrole nitrogens is 1. The van der Waals surface area contributed by atoms with Gasteiger partial charge in [0.15, 0.2) is 11.5 Å². The Morgan fingerprint density at radius 3 is 2.78 bits per heavy atom. The summed E-state index contributed by atoms with van der Waals surface area (Å²) in [5, 5.41) is 13.6. The molecule has 0 saturated heterocycles. The van der Waals surface area contributed by atoms with Gasteiger partial charge >= 0.3 is 6.18 Å². The Labute approximate surface area is 179 Å². The van der Waals surface area contributed by atoms with E-state index in [0.29, 0.717) is 22.4 Å². The Morgan fingerprint density at radius 1 is 1.28 bits per heavy atom. The quantitative estimate of drug-likeness (QED) is 0.618. The number of methoxy groups -OCH3 is 1. The second kappa shape index (κ2) is 7.50. The smallest absolute Gasteiger partial charge is 0.433 e. The van der Waals surface area contributed by atoms with Crippen molar-refractivity contribution in [3.8, 4) is 5.75 Å². The number of amides is 1. The van der Waals surface area contributed by atoms with Crippen LogP contribution in [0, 0.1) is 0 Å². The molecule has 0 radical (unpaired) electrons. The first kappa shape index (κ1) is 20.3. The Morgan fingerprint density at radius 2 is 2.06 bits per heavy atom. The molecule has 2 aromatic heterocycles. The molecule has 166 valence electrons. The van der Waals surface area contributed by atoms with E-state index in [1.54, 1.807) is 6.07 Å². The maximum absolute atomic E-state index is 13.2. The zero-order chi connectivity index (χ0) is 22.5. The highest BCUT2D eigenvalue weighted by Crippen LogP contribution is 2.46. The van der Waals surface area contributed by atoms with Crippen LogP contribution < -0.4 is 10.1 Å². The lowest BCUT2D eigenvalue weighted by Gasteiger charge is -2.11. The van der Waals surface area contributed by atoms with Gasteiger partial charge in [0.2, 0.25) is 6.10 Å². The molecule has 1 unspecified atom stereocenters. The van der Waals surface area contributed by atoms with Crippen LogP contribution >= 0.6 is 0 Å². The number of rotatable bonds is 5. The molecule has 8 nitrogen and oxygen atoms in total. The standard InChI is InChI=1S/C21H18F3N5O3/c1-31-14-5-3-2-4-11(14)13-9-15(32-29-13)20(30)26-19-17-12(10-6-7-10)8-16(21(22,23)24)25-18(17)27-28-19/h2-5,8,10,15H,6-7,9H2,1H3,(H2,25,26,27,28,30). The Balaban J connectivity index is 1.38. The summed E-state index contributed by atoms with van der Waals surface area (Å²) < 4.78 is 45.0. The average Bonchev–Trinajstić information content (AvgIpc) is 3.36. The van der Waals surface area contributed by atoms with Gasteiger partial charge in [0.1, 0.15) is 11.4 Å². The lowest BCUT2D eigenvalue weighted by molar-refractivity contribution is -0.141. The third kappa shape index (κ3) is 3.63. The molecule has 11 heteroatoms. The van der Waals surface area contributed by atoms with Gasteiger partial charge in [-0.05, 0) is 42.5 Å². The van der Waals surface area contributed by atoms with Crippen LogP contribution in [0.4, 0.5) is 19.0 Å². The molecule has 2 aliphatic rings. The topological polar surface area (TPSA) is 101 Å². The third-order valence-corrected chi connectivity index (χ3v) is 5.49. The predicted octanol–water partition coefficient (Wildman–Crippen LogP) is 3.99. The van der Waals surface area contributed by atoms with Crippen molar-refractivity contribution in [2.45, 2.75) is 37.5 Å². The van der Waals surface area contributed by atoms with Gasteiger partial charge < -0.3 is 14.9 Å². The summed E-state index contributed by atoms with van der Waals surface area (Å²) >= 11 is 0. The molecule has 1 aromatic carbocycles. The van der Waals surface area contributed by atoms with Gasteiger partial charge in [-0.3, -0.25) is 9.89 Å². The van der Waals surface area contributed by atoms with E-state index in [2.05, 4.69) is 25.7 Å². The van der Waals surface area contributed by atoms with Gasteiger partial charge in [-0.2, -0.15) is 18.3 Å². The number of nitrogens with zero attached hydrogens (tertiary/aromatic N) is 3. The first-order valence-corrected chi connectivity index (χ1v) is 9.98. The summed E-state index contributed by atoms with van der Waals surface area (Å²) in [4.78, 5) is 21.8. The normalized spacial score (nSPS) is 18.4. The predicted molar refractivity (Wildman–Crippen MR) is 109 cm³/mol. The van der Waals surface area contributed by atoms with E-state index in [0.717, 1.165) is 24.5 Å². The minimum atomic E-state index is -4.57. The summed E-state index contributed by atoms with van der Waals surface area (Å²) in [6, 6.07) is 8.28. The summed E-state index contributed by atoms with van der Waals surface area (Å²) in [6.07, 6.45) is -3.72. The summed E-state index contributed by atoms with van der Waals surface area (Å²) in [7, 11) is 1.54. The number of alkyl halides is 3. The molecule has 1 fully saturated rings. The average molecular weight is 445 g/mol. The van der Waals surface area contributed by atoms with Gasteiger partial charge in [0, 0.05) is 12.0 Å². The number of nitrogens with one attached hydrogen (secondary N) is 2. The fourth-order valence-electron chi connectivity index (χ4n) is 3.77. The van der Waals surface area contributed by atoms with Crippen molar-refractivity contribution in [2.24, 2.45) is 5.16 Å². The Kier molecular flexibility index (Phi) is 4.75. The monoisotopic (exact) mass is 445 g/mol. The number of anilines is 1. The maximum atomic E-state index is 13.2. The largest absolute Gasteiger partial charge is 0.496 e. The highest BCUT2D eigenvalue weighted by Gasteiger charge is 2.37. The van der Waals surface area contributed by atoms with Gasteiger partial charge in [-0.15, -0.1) is 0 Å². The minimum absolute atomic E-state index is 0.0157. The summed E-state index contributed by atoms with van der Waals surface area (Å²) in [5.41, 5.74) is 0.752. The Bertz CT molecular complexity index is 1230. The Hall–Kier alpha value is -3.63. The van der Waals surface area contributed by atoms with E-state index >= 15 is 0 Å². The molecule has 1 atom stereocenters. The number of para-hydroxylation sites is 1. The number of benzene rings is 1. The molecule has 2 N–H and O–H groups in total. The van der Waals surface area contributed by atoms with E-state index in [1.807, 2.05) is 18.2 Å². The van der Waals surface area contributed by atoms with Crippen LogP contribution in [0.1, 0.15) is 42.0 Å². The van der Waals surface area contributed by atoms with Crippen molar-refractivity contribution in [3.63, 3.8) is 0 Å². The van der Waals surface area contributed by atoms with Crippen LogP contribution in [-0.4, -0.2) is 40.0 Å². The van der Waals surface area contributed by atoms with Crippen molar-refractivity contribution in [1.29, 1.82) is 0 Å². The molecule has 1 aliphatic heterocycles. The lowest BCUT2D eigenvalue weighted by Crippen LogP contribution is -2.28. The number of carbonyl (C=O) groups excluding carboxylic acids is 1. The van der Waals surface area contributed by atoms with E-state index in [1.165, 1.54) is 7.11 Å². The number of aromatic nitrogens is 3. The van der Waals surface area contributed by atoms with Crippen LogP contribution in [0.15, 0.2) is 35.5 Å². The van der Waals surface area contributed by atoms with Crippen molar-refractivity contribution >= 4 is 28.5 Å². The SMILES string of the molecule is COc1ccccc1C1=NOC(C(=O)Nc2n[nH]c3nc(C(F)(F)F)cc(C4CC4)c23)C1. The highest BCUT2D eigenvalue weighted by molar-refractivity contribution is 6.08. The number of fused-ring (bicyclic) bond motifs is 1. The fourth-order valence-corrected chi connectivity index (χ4v) is 3.77. The van der Waals surface area contributed by atoms with Crippen LogP contribution in [0.2, 0.25) is 0 Å². The van der Waals surface area contributed by atoms with Gasteiger partial charge in [0.05, 0.1) is 18.2 Å². The van der Waals surface area contributed by atoms with Crippen LogP contribution in [0.3, 0.4) is 0 Å². The lowest BCUT2D eigenvalue weighted by atomic mass is 10.0. The van der Waals surface area contributed by atoms with Gasteiger partial charge in [0.25, 0.3) is 5.91 Å². The molecule has 3 aromatic rings. The number of carbonyl (C=O) groups is 1. The molecule has 0 bridgehead atoms. The number of aromatic amines is 1. The first-order valence-electron chi connectivity index (χ1n) is 9.98. The molecule has 1 amide bonds. The van der Waals surface area contributed by atoms with E-state index < -0.39 is 23.9 Å². The van der Waals surface area contributed by atoms with E-state index in [-0.39, 0.29) is 23.8 Å². The van der Waals surface area contributed by atoms with Crippen molar-refractivity contribution < 1.29 is 27.5 Å². The molecule has 1 saturated carbocycles. The number of pyridine rings is 1. The number of ether oxygens (including phenoxy) is 1. The molecule has 1 aliphatic carbocycles. The number of hydrogen-bond acceptors (Lipinski definition) is 6. The van der Waals surface area contributed by atoms with Gasteiger partial charge in [-0.25, -0.2) is 4.98 Å². The zero-order valence-corrected chi connectivity index (χ0v) is 16.9. The molecular formula is C21H18F3N5O3. The zero-order valence-electron chi connectivity index (χ0n) is 16.9. The summed E-state index contributed by atoms with van der Waals surface area (Å²) in [6.45, 7) is 0. The molecule has 3 heterocycles.